The van der Waals surface area contributed by atoms with Crippen LogP contribution in [0.1, 0.15) is 36.1 Å². The van der Waals surface area contributed by atoms with Gasteiger partial charge in [-0.2, -0.15) is 0 Å². The molecule has 0 fully saturated rings. The number of aliphatic hydroxyl groups excluding tert-OH is 1. The van der Waals surface area contributed by atoms with E-state index in [9.17, 15) is 5.11 Å². The molecule has 0 aliphatic rings. The van der Waals surface area contributed by atoms with Gasteiger partial charge in [0.25, 0.3) is 0 Å². The first kappa shape index (κ1) is 14.6. The lowest BCUT2D eigenvalue weighted by Gasteiger charge is -2.13. The van der Waals surface area contributed by atoms with E-state index in [-0.39, 0.29) is 6.61 Å². The van der Waals surface area contributed by atoms with Gasteiger partial charge in [-0.3, -0.25) is 0 Å². The third kappa shape index (κ3) is 4.10. The van der Waals surface area contributed by atoms with Crippen molar-refractivity contribution in [2.24, 2.45) is 0 Å². The minimum absolute atomic E-state index is 0.274. The van der Waals surface area contributed by atoms with E-state index in [4.69, 9.17) is 4.74 Å². The van der Waals surface area contributed by atoms with E-state index in [0.29, 0.717) is 0 Å². The molecule has 0 aliphatic carbocycles. The van der Waals surface area contributed by atoms with Gasteiger partial charge in [0.05, 0.1) is 0 Å². The fourth-order valence-electron chi connectivity index (χ4n) is 2.17. The monoisotopic (exact) mass is 270 g/mol. The Labute approximate surface area is 121 Å². The van der Waals surface area contributed by atoms with Crippen molar-refractivity contribution >= 4 is 0 Å². The quantitative estimate of drug-likeness (QED) is 0.857. The Morgan fingerprint density at radius 2 is 1.85 bits per heavy atom. The van der Waals surface area contributed by atoms with Crippen molar-refractivity contribution < 1.29 is 9.84 Å². The highest BCUT2D eigenvalue weighted by Crippen LogP contribution is 2.18. The van der Waals surface area contributed by atoms with E-state index in [1.807, 2.05) is 43.3 Å². The maximum absolute atomic E-state index is 10.1. The van der Waals surface area contributed by atoms with Gasteiger partial charge in [-0.15, -0.1) is 0 Å². The van der Waals surface area contributed by atoms with Crippen LogP contribution in [0.15, 0.2) is 48.5 Å². The molecule has 2 nitrogen and oxygen atoms in total. The Balaban J connectivity index is 1.92. The summed E-state index contributed by atoms with van der Waals surface area (Å²) < 4.78 is 5.63. The fourth-order valence-corrected chi connectivity index (χ4v) is 2.17. The van der Waals surface area contributed by atoms with Gasteiger partial charge in [-0.1, -0.05) is 49.7 Å². The molecular weight excluding hydrogens is 248 g/mol. The number of hydrogen-bond acceptors (Lipinski definition) is 2. The van der Waals surface area contributed by atoms with E-state index < -0.39 is 6.10 Å². The molecule has 2 rings (SSSR count). The summed E-state index contributed by atoms with van der Waals surface area (Å²) in [6.07, 6.45) is 1.63. The van der Waals surface area contributed by atoms with Crippen LogP contribution in [0.5, 0.6) is 5.75 Å². The molecule has 0 saturated heterocycles. The van der Waals surface area contributed by atoms with Gasteiger partial charge in [0.1, 0.15) is 18.5 Å². The van der Waals surface area contributed by atoms with Crippen LogP contribution in [0.25, 0.3) is 0 Å². The highest BCUT2D eigenvalue weighted by Gasteiger charge is 2.08. The Morgan fingerprint density at radius 1 is 1.10 bits per heavy atom. The number of aryl methyl sites for hydroxylation is 2. The number of hydrogen-bond donors (Lipinski definition) is 1. The maximum atomic E-state index is 10.1. The summed E-state index contributed by atoms with van der Waals surface area (Å²) in [4.78, 5) is 0. The van der Waals surface area contributed by atoms with E-state index in [1.165, 1.54) is 5.56 Å². The molecule has 20 heavy (non-hydrogen) atoms. The van der Waals surface area contributed by atoms with Crippen molar-refractivity contribution in [3.05, 3.63) is 65.2 Å². The molecule has 0 aliphatic heterocycles. The lowest BCUT2D eigenvalue weighted by atomic mass is 10.0. The molecule has 2 aromatic carbocycles. The second kappa shape index (κ2) is 7.11. The molecule has 0 aromatic heterocycles. The Kier molecular flexibility index (Phi) is 5.19. The number of benzene rings is 2. The van der Waals surface area contributed by atoms with Crippen molar-refractivity contribution in [2.45, 2.75) is 32.8 Å². The van der Waals surface area contributed by atoms with Gasteiger partial charge < -0.3 is 9.84 Å². The Hall–Kier alpha value is -1.80. The van der Waals surface area contributed by atoms with Crippen LogP contribution in [0.3, 0.4) is 0 Å². The Bertz CT molecular complexity index is 531. The zero-order valence-electron chi connectivity index (χ0n) is 12.2. The minimum Gasteiger partial charge on any atom is -0.491 e. The molecule has 1 N–H and O–H groups in total. The van der Waals surface area contributed by atoms with Crippen LogP contribution in [-0.4, -0.2) is 11.7 Å². The van der Waals surface area contributed by atoms with Crippen LogP contribution < -0.4 is 4.74 Å². The van der Waals surface area contributed by atoms with Gasteiger partial charge in [0.2, 0.25) is 0 Å². The third-order valence-corrected chi connectivity index (χ3v) is 3.30. The standard InChI is InChI=1S/C18H22O2/c1-3-5-15-8-10-16(11-9-15)18(19)13-20-17-7-4-6-14(2)12-17/h4,6-12,18-19H,3,5,13H2,1-2H3. The summed E-state index contributed by atoms with van der Waals surface area (Å²) in [6, 6.07) is 16.0. The van der Waals surface area contributed by atoms with Crippen molar-refractivity contribution in [1.82, 2.24) is 0 Å². The normalized spacial score (nSPS) is 12.2. The number of ether oxygens (including phenoxy) is 1. The van der Waals surface area contributed by atoms with Crippen LogP contribution in [0, 0.1) is 6.92 Å². The molecule has 0 bridgehead atoms. The summed E-state index contributed by atoms with van der Waals surface area (Å²) in [5.41, 5.74) is 3.36. The van der Waals surface area contributed by atoms with Crippen LogP contribution in [0.2, 0.25) is 0 Å². The summed E-state index contributed by atoms with van der Waals surface area (Å²) in [5.74, 6) is 0.798. The number of rotatable bonds is 6. The molecule has 1 unspecified atom stereocenters. The van der Waals surface area contributed by atoms with Crippen LogP contribution >= 0.6 is 0 Å². The van der Waals surface area contributed by atoms with E-state index in [0.717, 1.165) is 29.7 Å². The van der Waals surface area contributed by atoms with Gasteiger partial charge in [0, 0.05) is 0 Å². The first-order chi connectivity index (χ1) is 9.69. The summed E-state index contributed by atoms with van der Waals surface area (Å²) in [7, 11) is 0. The predicted molar refractivity (Wildman–Crippen MR) is 82.1 cm³/mol. The lowest BCUT2D eigenvalue weighted by molar-refractivity contribution is 0.108. The number of aliphatic hydroxyl groups is 1. The molecule has 2 heteroatoms. The van der Waals surface area contributed by atoms with Gasteiger partial charge in [-0.05, 0) is 42.2 Å². The van der Waals surface area contributed by atoms with E-state index in [2.05, 4.69) is 19.1 Å². The second-order valence-corrected chi connectivity index (χ2v) is 5.13. The molecule has 0 saturated carbocycles. The maximum Gasteiger partial charge on any atom is 0.119 e. The summed E-state index contributed by atoms with van der Waals surface area (Å²) in [5, 5.41) is 10.1. The SMILES string of the molecule is CCCc1ccc(C(O)COc2cccc(C)c2)cc1. The largest absolute Gasteiger partial charge is 0.491 e. The third-order valence-electron chi connectivity index (χ3n) is 3.30. The highest BCUT2D eigenvalue weighted by atomic mass is 16.5. The topological polar surface area (TPSA) is 29.5 Å². The van der Waals surface area contributed by atoms with Crippen molar-refractivity contribution in [3.8, 4) is 5.75 Å². The lowest BCUT2D eigenvalue weighted by Crippen LogP contribution is -2.09. The van der Waals surface area contributed by atoms with Crippen molar-refractivity contribution in [1.29, 1.82) is 0 Å². The average molecular weight is 270 g/mol. The van der Waals surface area contributed by atoms with Gasteiger partial charge in [-0.25, -0.2) is 0 Å². The summed E-state index contributed by atoms with van der Waals surface area (Å²) >= 11 is 0. The molecule has 0 spiro atoms. The minimum atomic E-state index is -0.591. The van der Waals surface area contributed by atoms with Crippen LogP contribution in [-0.2, 0) is 6.42 Å². The molecular formula is C18H22O2. The molecule has 0 amide bonds. The molecule has 0 heterocycles. The van der Waals surface area contributed by atoms with Crippen LogP contribution in [0.4, 0.5) is 0 Å². The van der Waals surface area contributed by atoms with Crippen molar-refractivity contribution in [2.75, 3.05) is 6.61 Å². The van der Waals surface area contributed by atoms with Crippen molar-refractivity contribution in [3.63, 3.8) is 0 Å². The van der Waals surface area contributed by atoms with E-state index >= 15 is 0 Å². The second-order valence-electron chi connectivity index (χ2n) is 5.13. The summed E-state index contributed by atoms with van der Waals surface area (Å²) in [6.45, 7) is 4.46. The average Bonchev–Trinajstić information content (AvgIpc) is 2.46. The highest BCUT2D eigenvalue weighted by molar-refractivity contribution is 5.28. The molecule has 2 aromatic rings. The molecule has 106 valence electrons. The van der Waals surface area contributed by atoms with E-state index in [1.54, 1.807) is 0 Å². The zero-order valence-corrected chi connectivity index (χ0v) is 12.2. The Morgan fingerprint density at radius 3 is 2.50 bits per heavy atom. The smallest absolute Gasteiger partial charge is 0.119 e. The molecule has 1 atom stereocenters. The molecule has 0 radical (unpaired) electrons. The first-order valence-corrected chi connectivity index (χ1v) is 7.15. The predicted octanol–water partition coefficient (Wildman–Crippen LogP) is 4.06. The van der Waals surface area contributed by atoms with Gasteiger partial charge in [0.15, 0.2) is 0 Å². The van der Waals surface area contributed by atoms with Gasteiger partial charge >= 0.3 is 0 Å². The fraction of sp³-hybridized carbons (Fsp3) is 0.333. The zero-order chi connectivity index (χ0) is 14.4. The first-order valence-electron chi connectivity index (χ1n) is 7.15.